The zero-order chi connectivity index (χ0) is 13.2. The maximum Gasteiger partial charge on any atom is 0.216 e. The molecule has 102 valence electrons. The third-order valence-corrected chi connectivity index (χ3v) is 4.10. The highest BCUT2D eigenvalue weighted by Gasteiger charge is 2.29. The Kier molecular flexibility index (Phi) is 3.53. The molecule has 4 nitrogen and oxygen atoms in total. The van der Waals surface area contributed by atoms with Gasteiger partial charge in [-0.1, -0.05) is 12.1 Å². The molecule has 1 fully saturated rings. The van der Waals surface area contributed by atoms with Gasteiger partial charge in [0.1, 0.15) is 6.61 Å². The molecule has 4 heteroatoms. The van der Waals surface area contributed by atoms with E-state index >= 15 is 0 Å². The zero-order valence-electron chi connectivity index (χ0n) is 11.4. The Labute approximate surface area is 114 Å². The fourth-order valence-corrected chi connectivity index (χ4v) is 3.02. The van der Waals surface area contributed by atoms with Crippen molar-refractivity contribution in [2.24, 2.45) is 16.6 Å². The molecule has 2 heterocycles. The number of ether oxygens (including phenoxy) is 1. The first-order valence-corrected chi connectivity index (χ1v) is 6.96. The minimum Gasteiger partial charge on any atom is -0.476 e. The quantitative estimate of drug-likeness (QED) is 0.893. The monoisotopic (exact) mass is 259 g/mol. The van der Waals surface area contributed by atoms with Gasteiger partial charge in [0.25, 0.3) is 0 Å². The van der Waals surface area contributed by atoms with E-state index in [1.807, 2.05) is 0 Å². The van der Waals surface area contributed by atoms with Gasteiger partial charge in [-0.2, -0.15) is 0 Å². The summed E-state index contributed by atoms with van der Waals surface area (Å²) < 4.78 is 5.48. The molecule has 3 rings (SSSR count). The third-order valence-electron chi connectivity index (χ3n) is 4.10. The van der Waals surface area contributed by atoms with Crippen LogP contribution in [0.2, 0.25) is 0 Å². The van der Waals surface area contributed by atoms with E-state index in [0.717, 1.165) is 37.5 Å². The van der Waals surface area contributed by atoms with E-state index in [2.05, 4.69) is 41.2 Å². The van der Waals surface area contributed by atoms with E-state index in [0.29, 0.717) is 18.6 Å². The fraction of sp³-hybridized carbons (Fsp3) is 0.533. The number of aliphatic imine (C=N–C) groups is 1. The van der Waals surface area contributed by atoms with Crippen LogP contribution in [0.1, 0.15) is 23.6 Å². The second kappa shape index (κ2) is 5.31. The number of nitrogens with zero attached hydrogens (tertiary/aromatic N) is 2. The van der Waals surface area contributed by atoms with Crippen molar-refractivity contribution in [1.82, 2.24) is 4.90 Å². The minimum atomic E-state index is 0.494. The van der Waals surface area contributed by atoms with Crippen molar-refractivity contribution in [1.29, 1.82) is 0 Å². The average Bonchev–Trinajstić information content (AvgIpc) is 3.08. The molecular weight excluding hydrogens is 238 g/mol. The number of hydrogen-bond acceptors (Lipinski definition) is 4. The summed E-state index contributed by atoms with van der Waals surface area (Å²) in [4.78, 5) is 6.74. The summed E-state index contributed by atoms with van der Waals surface area (Å²) in [5, 5.41) is 0. The van der Waals surface area contributed by atoms with Gasteiger partial charge >= 0.3 is 0 Å². The summed E-state index contributed by atoms with van der Waals surface area (Å²) in [5.74, 6) is 1.41. The molecule has 0 spiro atoms. The second-order valence-corrected chi connectivity index (χ2v) is 5.45. The predicted molar refractivity (Wildman–Crippen MR) is 76.3 cm³/mol. The van der Waals surface area contributed by atoms with E-state index in [1.165, 1.54) is 5.56 Å². The first-order valence-electron chi connectivity index (χ1n) is 6.96. The first kappa shape index (κ1) is 12.6. The highest BCUT2D eigenvalue weighted by atomic mass is 16.5. The maximum atomic E-state index is 5.78. The van der Waals surface area contributed by atoms with E-state index in [9.17, 15) is 0 Å². The highest BCUT2D eigenvalue weighted by Crippen LogP contribution is 2.33. The third kappa shape index (κ3) is 2.51. The number of benzene rings is 1. The van der Waals surface area contributed by atoms with Crippen LogP contribution in [0.5, 0.6) is 0 Å². The molecule has 2 aliphatic rings. The molecule has 0 bridgehead atoms. The van der Waals surface area contributed by atoms with Crippen molar-refractivity contribution in [3.8, 4) is 0 Å². The summed E-state index contributed by atoms with van der Waals surface area (Å²) in [5.41, 5.74) is 8.23. The zero-order valence-corrected chi connectivity index (χ0v) is 11.4. The minimum absolute atomic E-state index is 0.494. The lowest BCUT2D eigenvalue weighted by molar-refractivity contribution is 0.313. The molecular formula is C15H21N3O. The van der Waals surface area contributed by atoms with E-state index in [1.54, 1.807) is 0 Å². The van der Waals surface area contributed by atoms with E-state index in [-0.39, 0.29) is 0 Å². The molecule has 2 N–H and O–H groups in total. The largest absolute Gasteiger partial charge is 0.476 e. The Morgan fingerprint density at radius 2 is 2.16 bits per heavy atom. The van der Waals surface area contributed by atoms with Crippen molar-refractivity contribution in [2.45, 2.75) is 12.5 Å². The van der Waals surface area contributed by atoms with Gasteiger partial charge in [-0.05, 0) is 43.6 Å². The van der Waals surface area contributed by atoms with E-state index < -0.39 is 0 Å². The molecule has 2 aliphatic heterocycles. The summed E-state index contributed by atoms with van der Waals surface area (Å²) in [6.45, 7) is 3.36. The number of likely N-dealkylation sites (tertiary alicyclic amines) is 1. The molecule has 1 aromatic carbocycles. The second-order valence-electron chi connectivity index (χ2n) is 5.45. The predicted octanol–water partition coefficient (Wildman–Crippen LogP) is 1.41. The Morgan fingerprint density at radius 3 is 2.74 bits per heavy atom. The van der Waals surface area contributed by atoms with Gasteiger partial charge in [0.05, 0.1) is 6.54 Å². The smallest absolute Gasteiger partial charge is 0.216 e. The van der Waals surface area contributed by atoms with Gasteiger partial charge < -0.3 is 10.5 Å². The number of nitrogens with two attached hydrogens (primary N) is 1. The van der Waals surface area contributed by atoms with Crippen LogP contribution in [-0.4, -0.2) is 44.1 Å². The molecule has 19 heavy (non-hydrogen) atoms. The SMILES string of the molecule is CN1CC(CN)CC1c1ccc(C2=NCCO2)cc1. The lowest BCUT2D eigenvalue weighted by atomic mass is 9.99. The number of rotatable bonds is 3. The molecule has 2 unspecified atom stereocenters. The van der Waals surface area contributed by atoms with Crippen LogP contribution in [0, 0.1) is 5.92 Å². The maximum absolute atomic E-state index is 5.78. The van der Waals surface area contributed by atoms with Gasteiger partial charge in [-0.25, -0.2) is 4.99 Å². The molecule has 0 aliphatic carbocycles. The van der Waals surface area contributed by atoms with Crippen LogP contribution >= 0.6 is 0 Å². The van der Waals surface area contributed by atoms with Crippen LogP contribution in [-0.2, 0) is 4.74 Å². The van der Waals surface area contributed by atoms with Gasteiger partial charge in [-0.15, -0.1) is 0 Å². The Balaban J connectivity index is 1.75. The van der Waals surface area contributed by atoms with Crippen LogP contribution < -0.4 is 5.73 Å². The number of hydrogen-bond donors (Lipinski definition) is 1. The topological polar surface area (TPSA) is 50.8 Å². The first-order chi connectivity index (χ1) is 9.28. The Morgan fingerprint density at radius 1 is 1.37 bits per heavy atom. The molecule has 0 amide bonds. The van der Waals surface area contributed by atoms with Crippen LogP contribution in [0.3, 0.4) is 0 Å². The molecule has 0 radical (unpaired) electrons. The van der Waals surface area contributed by atoms with Gasteiger partial charge in [0.15, 0.2) is 0 Å². The molecule has 0 aromatic heterocycles. The van der Waals surface area contributed by atoms with E-state index in [4.69, 9.17) is 10.5 Å². The van der Waals surface area contributed by atoms with Crippen molar-refractivity contribution >= 4 is 5.90 Å². The lowest BCUT2D eigenvalue weighted by Crippen LogP contribution is -2.20. The normalized spacial score (nSPS) is 27.4. The van der Waals surface area contributed by atoms with Crippen LogP contribution in [0.4, 0.5) is 0 Å². The summed E-state index contributed by atoms with van der Waals surface area (Å²) >= 11 is 0. The van der Waals surface area contributed by atoms with Crippen molar-refractivity contribution in [3.05, 3.63) is 35.4 Å². The molecule has 2 atom stereocenters. The summed E-state index contributed by atoms with van der Waals surface area (Å²) in [6, 6.07) is 9.11. The Bertz CT molecular complexity index is 469. The van der Waals surface area contributed by atoms with Crippen LogP contribution in [0.15, 0.2) is 29.3 Å². The fourth-order valence-electron chi connectivity index (χ4n) is 3.02. The van der Waals surface area contributed by atoms with Crippen molar-refractivity contribution in [3.63, 3.8) is 0 Å². The standard InChI is InChI=1S/C15H21N3O/c1-18-10-11(9-16)8-14(18)12-2-4-13(5-3-12)15-17-6-7-19-15/h2-5,11,14H,6-10,16H2,1H3. The Hall–Kier alpha value is -1.39. The van der Waals surface area contributed by atoms with Crippen LogP contribution in [0.25, 0.3) is 0 Å². The average molecular weight is 259 g/mol. The van der Waals surface area contributed by atoms with Gasteiger partial charge in [0.2, 0.25) is 5.90 Å². The summed E-state index contributed by atoms with van der Waals surface area (Å²) in [6.07, 6.45) is 1.16. The lowest BCUT2D eigenvalue weighted by Gasteiger charge is -2.19. The van der Waals surface area contributed by atoms with Crippen molar-refractivity contribution in [2.75, 3.05) is 33.3 Å². The molecule has 1 saturated heterocycles. The van der Waals surface area contributed by atoms with Gasteiger partial charge in [-0.3, -0.25) is 4.90 Å². The van der Waals surface area contributed by atoms with Crippen molar-refractivity contribution < 1.29 is 4.74 Å². The highest BCUT2D eigenvalue weighted by molar-refractivity contribution is 5.94. The molecule has 1 aromatic rings. The van der Waals surface area contributed by atoms with Gasteiger partial charge in [0, 0.05) is 18.2 Å². The molecule has 0 saturated carbocycles. The summed E-state index contributed by atoms with van der Waals surface area (Å²) in [7, 11) is 2.18.